The first kappa shape index (κ1) is 15.7. The van der Waals surface area contributed by atoms with Gasteiger partial charge in [0.25, 0.3) is 0 Å². The highest BCUT2D eigenvalue weighted by molar-refractivity contribution is 7.93. The molecule has 2 rings (SSSR count). The molecule has 0 fully saturated rings. The summed E-state index contributed by atoms with van der Waals surface area (Å²) in [4.78, 5) is 10.0. The zero-order valence-corrected chi connectivity index (χ0v) is 13.0. The van der Waals surface area contributed by atoms with E-state index in [4.69, 9.17) is 11.6 Å². The molecular weight excluding hydrogens is 334 g/mol. The fourth-order valence-corrected chi connectivity index (χ4v) is 3.50. The maximum Gasteiger partial charge on any atom is 0.324 e. The van der Waals surface area contributed by atoms with Crippen molar-refractivity contribution in [2.45, 2.75) is 5.75 Å². The molecule has 0 atom stereocenters. The van der Waals surface area contributed by atoms with Gasteiger partial charge in [0.1, 0.15) is 0 Å². The Hall–Kier alpha value is -1.70. The molecule has 0 radical (unpaired) electrons. The van der Waals surface area contributed by atoms with Crippen LogP contribution in [-0.2, 0) is 15.6 Å². The second kappa shape index (κ2) is 6.38. The van der Waals surface area contributed by atoms with Crippen LogP contribution in [0.3, 0.4) is 0 Å². The van der Waals surface area contributed by atoms with Gasteiger partial charge in [-0.2, -0.15) is 0 Å². The average molecular weight is 344 g/mol. The highest BCUT2D eigenvalue weighted by Gasteiger charge is 2.10. The van der Waals surface area contributed by atoms with Gasteiger partial charge in [-0.1, -0.05) is 35.1 Å². The molecule has 0 unspecified atom stereocenters. The molecule has 0 aliphatic carbocycles. The van der Waals surface area contributed by atoms with E-state index in [1.807, 2.05) is 0 Å². The normalized spacial score (nSPS) is 11.9. The van der Waals surface area contributed by atoms with Crippen LogP contribution in [-0.4, -0.2) is 13.3 Å². The maximum absolute atomic E-state index is 11.9. The Bertz CT molecular complexity index is 779. The lowest BCUT2D eigenvalue weighted by Gasteiger charge is -1.99. The van der Waals surface area contributed by atoms with Crippen molar-refractivity contribution in [1.29, 1.82) is 0 Å². The van der Waals surface area contributed by atoms with E-state index in [1.54, 1.807) is 24.3 Å². The molecule has 110 valence electrons. The Morgan fingerprint density at radius 3 is 2.52 bits per heavy atom. The zero-order valence-electron chi connectivity index (χ0n) is 10.6. The van der Waals surface area contributed by atoms with Gasteiger partial charge in [-0.25, -0.2) is 8.42 Å². The number of halogens is 1. The first-order valence-electron chi connectivity index (χ1n) is 5.74. The summed E-state index contributed by atoms with van der Waals surface area (Å²) in [6, 6.07) is 7.86. The van der Waals surface area contributed by atoms with Gasteiger partial charge in [0, 0.05) is 21.9 Å². The second-order valence-corrected chi connectivity index (χ2v) is 7.42. The standard InChI is InChI=1S/C13H10ClNO4S2/c14-12-3-1-10(2-4-12)9-21(18,19)6-5-11-7-13(15(16)17)20-8-11/h1-8H,9H2/b6-5+. The van der Waals surface area contributed by atoms with Crippen LogP contribution in [0.1, 0.15) is 11.1 Å². The molecule has 2 aromatic rings. The van der Waals surface area contributed by atoms with Crippen molar-refractivity contribution in [2.24, 2.45) is 0 Å². The number of nitro groups is 1. The lowest BCUT2D eigenvalue weighted by atomic mass is 10.2. The predicted octanol–water partition coefficient (Wildman–Crippen LogP) is 3.90. The monoisotopic (exact) mass is 343 g/mol. The molecule has 0 aliphatic heterocycles. The van der Waals surface area contributed by atoms with E-state index < -0.39 is 14.8 Å². The maximum atomic E-state index is 11.9. The molecule has 1 aromatic carbocycles. The van der Waals surface area contributed by atoms with Gasteiger partial charge in [-0.05, 0) is 29.3 Å². The number of hydrogen-bond acceptors (Lipinski definition) is 5. The molecule has 0 saturated heterocycles. The quantitative estimate of drug-likeness (QED) is 0.609. The third-order valence-electron chi connectivity index (χ3n) is 2.53. The van der Waals surface area contributed by atoms with Crippen molar-refractivity contribution in [3.05, 3.63) is 67.4 Å². The fraction of sp³-hybridized carbons (Fsp3) is 0.0769. The molecular formula is C13H10ClNO4S2. The Morgan fingerprint density at radius 2 is 1.95 bits per heavy atom. The summed E-state index contributed by atoms with van der Waals surface area (Å²) in [6.07, 6.45) is 1.36. The van der Waals surface area contributed by atoms with Crippen molar-refractivity contribution in [3.63, 3.8) is 0 Å². The van der Waals surface area contributed by atoms with E-state index in [0.29, 0.717) is 16.1 Å². The van der Waals surface area contributed by atoms with E-state index >= 15 is 0 Å². The minimum absolute atomic E-state index is 0.0234. The largest absolute Gasteiger partial charge is 0.324 e. The van der Waals surface area contributed by atoms with Crippen molar-refractivity contribution < 1.29 is 13.3 Å². The molecule has 0 saturated carbocycles. The predicted molar refractivity (Wildman–Crippen MR) is 84.1 cm³/mol. The average Bonchev–Trinajstić information content (AvgIpc) is 2.88. The molecule has 0 spiro atoms. The highest BCUT2D eigenvalue weighted by Crippen LogP contribution is 2.24. The lowest BCUT2D eigenvalue weighted by Crippen LogP contribution is -1.99. The van der Waals surface area contributed by atoms with Crippen LogP contribution in [0.15, 0.2) is 41.1 Å². The smallest absolute Gasteiger partial charge is 0.258 e. The number of thiophene rings is 1. The number of hydrogen-bond donors (Lipinski definition) is 0. The lowest BCUT2D eigenvalue weighted by molar-refractivity contribution is -0.380. The van der Waals surface area contributed by atoms with Crippen LogP contribution < -0.4 is 0 Å². The summed E-state index contributed by atoms with van der Waals surface area (Å²) in [5, 5.41) is 13.7. The molecule has 0 aliphatic rings. The summed E-state index contributed by atoms with van der Waals surface area (Å²) in [7, 11) is -3.45. The van der Waals surface area contributed by atoms with Crippen molar-refractivity contribution in [2.75, 3.05) is 0 Å². The van der Waals surface area contributed by atoms with Crippen LogP contribution >= 0.6 is 22.9 Å². The number of rotatable bonds is 5. The number of benzene rings is 1. The fourth-order valence-electron chi connectivity index (χ4n) is 1.57. The summed E-state index contributed by atoms with van der Waals surface area (Å²) in [5.74, 6) is -0.146. The first-order valence-corrected chi connectivity index (χ1v) is 8.71. The van der Waals surface area contributed by atoms with Crippen LogP contribution in [0.4, 0.5) is 5.00 Å². The van der Waals surface area contributed by atoms with Crippen LogP contribution in [0.2, 0.25) is 5.02 Å². The summed E-state index contributed by atoms with van der Waals surface area (Å²) >= 11 is 6.69. The first-order chi connectivity index (χ1) is 9.85. The van der Waals surface area contributed by atoms with Gasteiger partial charge in [-0.3, -0.25) is 10.1 Å². The molecule has 0 amide bonds. The molecule has 1 aromatic heterocycles. The summed E-state index contributed by atoms with van der Waals surface area (Å²) in [6.45, 7) is 0. The van der Waals surface area contributed by atoms with Gasteiger partial charge < -0.3 is 0 Å². The van der Waals surface area contributed by atoms with Gasteiger partial charge in [0.2, 0.25) is 0 Å². The van der Waals surface area contributed by atoms with Gasteiger partial charge in [-0.15, -0.1) is 0 Å². The third kappa shape index (κ3) is 4.66. The minimum Gasteiger partial charge on any atom is -0.258 e. The molecule has 1 heterocycles. The Balaban J connectivity index is 2.10. The van der Waals surface area contributed by atoms with E-state index in [-0.39, 0.29) is 10.8 Å². The van der Waals surface area contributed by atoms with Crippen LogP contribution in [0.5, 0.6) is 0 Å². The molecule has 8 heteroatoms. The van der Waals surface area contributed by atoms with E-state index in [1.165, 1.54) is 17.5 Å². The number of nitrogens with zero attached hydrogens (tertiary/aromatic N) is 1. The van der Waals surface area contributed by atoms with Crippen molar-refractivity contribution in [3.8, 4) is 0 Å². The highest BCUT2D eigenvalue weighted by atomic mass is 35.5. The Kier molecular flexibility index (Phi) is 4.76. The molecule has 21 heavy (non-hydrogen) atoms. The minimum atomic E-state index is -3.45. The van der Waals surface area contributed by atoms with Gasteiger partial charge in [0.05, 0.1) is 10.7 Å². The van der Waals surface area contributed by atoms with Gasteiger partial charge >= 0.3 is 5.00 Å². The van der Waals surface area contributed by atoms with Gasteiger partial charge in [0.15, 0.2) is 9.84 Å². The van der Waals surface area contributed by atoms with E-state index in [9.17, 15) is 18.5 Å². The second-order valence-electron chi connectivity index (χ2n) is 4.21. The zero-order chi connectivity index (χ0) is 15.5. The summed E-state index contributed by atoms with van der Waals surface area (Å²) in [5.41, 5.74) is 1.12. The van der Waals surface area contributed by atoms with Crippen molar-refractivity contribution in [1.82, 2.24) is 0 Å². The SMILES string of the molecule is O=[N+]([O-])c1cc(/C=C/S(=O)(=O)Cc2ccc(Cl)cc2)cs1. The molecule has 0 bridgehead atoms. The van der Waals surface area contributed by atoms with E-state index in [2.05, 4.69) is 0 Å². The Labute approximate surface area is 130 Å². The molecule has 5 nitrogen and oxygen atoms in total. The van der Waals surface area contributed by atoms with Crippen molar-refractivity contribution >= 4 is 43.9 Å². The van der Waals surface area contributed by atoms with Crippen LogP contribution in [0, 0.1) is 10.1 Å². The topological polar surface area (TPSA) is 77.3 Å². The third-order valence-corrected chi connectivity index (χ3v) is 4.97. The van der Waals surface area contributed by atoms with Crippen LogP contribution in [0.25, 0.3) is 6.08 Å². The Morgan fingerprint density at radius 1 is 1.29 bits per heavy atom. The molecule has 0 N–H and O–H groups in total. The summed E-state index contributed by atoms with van der Waals surface area (Å²) < 4.78 is 23.9. The number of sulfone groups is 1. The van der Waals surface area contributed by atoms with E-state index in [0.717, 1.165) is 16.7 Å².